The molecule has 2 aromatic heterocycles. The maximum absolute atomic E-state index is 13.3. The normalized spacial score (nSPS) is 11.9. The maximum atomic E-state index is 13.3. The van der Waals surface area contributed by atoms with E-state index in [-0.39, 0.29) is 11.5 Å². The molecule has 0 unspecified atom stereocenters. The molecule has 2 aromatic carbocycles. The number of benzene rings is 2. The molecule has 0 radical (unpaired) electrons. The summed E-state index contributed by atoms with van der Waals surface area (Å²) in [6.45, 7) is 4.42. The van der Waals surface area contributed by atoms with Gasteiger partial charge in [-0.1, -0.05) is 68.1 Å². The van der Waals surface area contributed by atoms with E-state index in [1.807, 2.05) is 61.5 Å². The summed E-state index contributed by atoms with van der Waals surface area (Å²) in [5, 5.41) is 3.53. The van der Waals surface area contributed by atoms with Crippen LogP contribution in [0, 0.1) is 0 Å². The lowest BCUT2D eigenvalue weighted by molar-refractivity contribution is -0.115. The van der Waals surface area contributed by atoms with E-state index in [9.17, 15) is 9.59 Å². The molecule has 4 aromatic rings. The molecule has 168 valence electrons. The van der Waals surface area contributed by atoms with Crippen LogP contribution in [0.3, 0.4) is 0 Å². The van der Waals surface area contributed by atoms with Gasteiger partial charge in [-0.05, 0) is 48.2 Å². The zero-order chi connectivity index (χ0) is 23.2. The number of rotatable bonds is 8. The summed E-state index contributed by atoms with van der Waals surface area (Å²) in [5.41, 5.74) is 3.18. The molecule has 33 heavy (non-hydrogen) atoms. The molecular formula is C26H26N4O2S. The second kappa shape index (κ2) is 10.4. The molecule has 0 saturated carbocycles. The Labute approximate surface area is 197 Å². The molecule has 7 heteroatoms. The zero-order valence-corrected chi connectivity index (χ0v) is 19.5. The van der Waals surface area contributed by atoms with E-state index in [0.29, 0.717) is 29.2 Å². The minimum absolute atomic E-state index is 0.117. The number of aryl methyl sites for hydroxylation is 1. The Morgan fingerprint density at radius 2 is 1.76 bits per heavy atom. The SMILES string of the molecule is CCc1ccc(NC(=O)[C@H](CC)Sc2nc3ncccc3c(=O)n2Cc2ccccc2)cc1. The van der Waals surface area contributed by atoms with Gasteiger partial charge in [0.1, 0.15) is 0 Å². The van der Waals surface area contributed by atoms with Gasteiger partial charge < -0.3 is 5.32 Å². The molecule has 2 heterocycles. The molecule has 0 saturated heterocycles. The van der Waals surface area contributed by atoms with Crippen molar-refractivity contribution >= 4 is 34.4 Å². The van der Waals surface area contributed by atoms with Crippen LogP contribution < -0.4 is 10.9 Å². The summed E-state index contributed by atoms with van der Waals surface area (Å²) < 4.78 is 1.63. The minimum Gasteiger partial charge on any atom is -0.325 e. The average Bonchev–Trinajstić information content (AvgIpc) is 2.85. The Balaban J connectivity index is 1.65. The first-order valence-corrected chi connectivity index (χ1v) is 11.9. The minimum atomic E-state index is -0.411. The van der Waals surface area contributed by atoms with Gasteiger partial charge in [0, 0.05) is 11.9 Å². The molecule has 1 N–H and O–H groups in total. The molecule has 1 amide bonds. The van der Waals surface area contributed by atoms with E-state index in [1.165, 1.54) is 17.3 Å². The van der Waals surface area contributed by atoms with Crippen LogP contribution in [0.2, 0.25) is 0 Å². The molecule has 0 aliphatic rings. The summed E-state index contributed by atoms with van der Waals surface area (Å²) >= 11 is 1.30. The highest BCUT2D eigenvalue weighted by atomic mass is 32.2. The molecule has 0 spiro atoms. The summed E-state index contributed by atoms with van der Waals surface area (Å²) in [5.74, 6) is -0.117. The van der Waals surface area contributed by atoms with Crippen molar-refractivity contribution in [2.24, 2.45) is 0 Å². The van der Waals surface area contributed by atoms with Crippen molar-refractivity contribution in [2.75, 3.05) is 5.32 Å². The van der Waals surface area contributed by atoms with Gasteiger partial charge in [0.05, 0.1) is 17.2 Å². The fourth-order valence-corrected chi connectivity index (χ4v) is 4.53. The summed E-state index contributed by atoms with van der Waals surface area (Å²) in [6.07, 6.45) is 3.15. The summed E-state index contributed by atoms with van der Waals surface area (Å²) in [7, 11) is 0. The van der Waals surface area contributed by atoms with Crippen LogP contribution in [0.25, 0.3) is 11.0 Å². The lowest BCUT2D eigenvalue weighted by Gasteiger charge is -2.18. The van der Waals surface area contributed by atoms with Gasteiger partial charge in [0.25, 0.3) is 5.56 Å². The standard InChI is InChI=1S/C26H26N4O2S/c1-3-18-12-14-20(15-13-18)28-24(31)22(4-2)33-26-29-23-21(11-8-16-27-23)25(32)30(26)17-19-9-6-5-7-10-19/h5-16,22H,3-4,17H2,1-2H3,(H,28,31)/t22-/m0/s1. The lowest BCUT2D eigenvalue weighted by atomic mass is 10.1. The highest BCUT2D eigenvalue weighted by molar-refractivity contribution is 8.00. The topological polar surface area (TPSA) is 76.9 Å². The van der Waals surface area contributed by atoms with Crippen LogP contribution in [-0.4, -0.2) is 25.7 Å². The van der Waals surface area contributed by atoms with Crippen LogP contribution >= 0.6 is 11.8 Å². The Kier molecular flexibility index (Phi) is 7.19. The molecule has 0 aliphatic carbocycles. The largest absolute Gasteiger partial charge is 0.325 e. The smallest absolute Gasteiger partial charge is 0.263 e. The number of nitrogens with zero attached hydrogens (tertiary/aromatic N) is 3. The second-order valence-corrected chi connectivity index (χ2v) is 8.87. The van der Waals surface area contributed by atoms with Crippen molar-refractivity contribution in [3.8, 4) is 0 Å². The zero-order valence-electron chi connectivity index (χ0n) is 18.7. The predicted molar refractivity (Wildman–Crippen MR) is 134 cm³/mol. The average molecular weight is 459 g/mol. The molecule has 0 fully saturated rings. The molecule has 4 rings (SSSR count). The highest BCUT2D eigenvalue weighted by Gasteiger charge is 2.22. The predicted octanol–water partition coefficient (Wildman–Crippen LogP) is 4.91. The van der Waals surface area contributed by atoms with Gasteiger partial charge in [-0.25, -0.2) is 9.97 Å². The van der Waals surface area contributed by atoms with Crippen molar-refractivity contribution in [3.63, 3.8) is 0 Å². The van der Waals surface area contributed by atoms with Crippen LogP contribution in [0.15, 0.2) is 82.9 Å². The fraction of sp³-hybridized carbons (Fsp3) is 0.231. The van der Waals surface area contributed by atoms with Gasteiger partial charge in [0.15, 0.2) is 10.8 Å². The molecule has 0 bridgehead atoms. The monoisotopic (exact) mass is 458 g/mol. The number of amides is 1. The number of thioether (sulfide) groups is 1. The number of fused-ring (bicyclic) bond motifs is 1. The number of carbonyl (C=O) groups is 1. The van der Waals surface area contributed by atoms with Gasteiger partial charge in [-0.2, -0.15) is 0 Å². The highest BCUT2D eigenvalue weighted by Crippen LogP contribution is 2.26. The Morgan fingerprint density at radius 1 is 1.00 bits per heavy atom. The number of aromatic nitrogens is 3. The van der Waals surface area contributed by atoms with Gasteiger partial charge in [-0.15, -0.1) is 0 Å². The number of hydrogen-bond donors (Lipinski definition) is 1. The van der Waals surface area contributed by atoms with Crippen molar-refractivity contribution in [3.05, 3.63) is 94.4 Å². The third kappa shape index (κ3) is 5.31. The van der Waals surface area contributed by atoms with Crippen molar-refractivity contribution in [2.45, 2.75) is 43.6 Å². The van der Waals surface area contributed by atoms with E-state index >= 15 is 0 Å². The van der Waals surface area contributed by atoms with Crippen molar-refractivity contribution in [1.29, 1.82) is 0 Å². The van der Waals surface area contributed by atoms with E-state index in [0.717, 1.165) is 17.7 Å². The molecule has 0 aliphatic heterocycles. The fourth-order valence-electron chi connectivity index (χ4n) is 3.53. The first kappa shape index (κ1) is 22.7. The molecular weight excluding hydrogens is 432 g/mol. The third-order valence-electron chi connectivity index (χ3n) is 5.42. The maximum Gasteiger partial charge on any atom is 0.263 e. The number of pyridine rings is 1. The number of carbonyl (C=O) groups excluding carboxylic acids is 1. The van der Waals surface area contributed by atoms with Crippen LogP contribution in [0.5, 0.6) is 0 Å². The first-order chi connectivity index (χ1) is 16.1. The van der Waals surface area contributed by atoms with Crippen LogP contribution in [0.1, 0.15) is 31.4 Å². The first-order valence-electron chi connectivity index (χ1n) is 11.0. The third-order valence-corrected chi connectivity index (χ3v) is 6.77. The van der Waals surface area contributed by atoms with Gasteiger partial charge in [-0.3, -0.25) is 14.2 Å². The van der Waals surface area contributed by atoms with Crippen molar-refractivity contribution < 1.29 is 4.79 Å². The lowest BCUT2D eigenvalue weighted by Crippen LogP contribution is -2.28. The molecule has 6 nitrogen and oxygen atoms in total. The van der Waals surface area contributed by atoms with E-state index in [4.69, 9.17) is 0 Å². The number of nitrogens with one attached hydrogen (secondary N) is 1. The number of hydrogen-bond acceptors (Lipinski definition) is 5. The Hall–Kier alpha value is -3.45. The van der Waals surface area contributed by atoms with Gasteiger partial charge >= 0.3 is 0 Å². The van der Waals surface area contributed by atoms with Crippen LogP contribution in [-0.2, 0) is 17.8 Å². The van der Waals surface area contributed by atoms with E-state index in [1.54, 1.807) is 22.9 Å². The van der Waals surface area contributed by atoms with Crippen molar-refractivity contribution in [1.82, 2.24) is 14.5 Å². The number of anilines is 1. The quantitative estimate of drug-likeness (QED) is 0.300. The molecule has 1 atom stereocenters. The summed E-state index contributed by atoms with van der Waals surface area (Å²) in [4.78, 5) is 35.3. The van der Waals surface area contributed by atoms with E-state index in [2.05, 4.69) is 22.2 Å². The van der Waals surface area contributed by atoms with E-state index < -0.39 is 5.25 Å². The Bertz CT molecular complexity index is 1300. The Morgan fingerprint density at radius 3 is 2.45 bits per heavy atom. The van der Waals surface area contributed by atoms with Crippen LogP contribution in [0.4, 0.5) is 5.69 Å². The van der Waals surface area contributed by atoms with Gasteiger partial charge in [0.2, 0.25) is 5.91 Å². The summed E-state index contributed by atoms with van der Waals surface area (Å²) in [6, 6.07) is 21.1. The second-order valence-electron chi connectivity index (χ2n) is 7.70.